The van der Waals surface area contributed by atoms with E-state index in [-0.39, 0.29) is 35.6 Å². The zero-order valence-corrected chi connectivity index (χ0v) is 18.2. The number of para-hydroxylation sites is 1. The van der Waals surface area contributed by atoms with E-state index in [1.807, 2.05) is 28.0 Å². The molecule has 0 bridgehead atoms. The van der Waals surface area contributed by atoms with Gasteiger partial charge in [-0.2, -0.15) is 0 Å². The van der Waals surface area contributed by atoms with E-state index in [0.29, 0.717) is 5.91 Å². The number of rotatable bonds is 4. The predicted molar refractivity (Wildman–Crippen MR) is 118 cm³/mol. The van der Waals surface area contributed by atoms with Crippen molar-refractivity contribution in [1.29, 1.82) is 0 Å². The number of hydrogen-bond donors (Lipinski definition) is 1. The second kappa shape index (κ2) is 8.64. The molecule has 1 N–H and O–H groups in total. The van der Waals surface area contributed by atoms with Gasteiger partial charge in [-0.1, -0.05) is 31.0 Å². The fourth-order valence-electron chi connectivity index (χ4n) is 5.65. The lowest BCUT2D eigenvalue weighted by Crippen LogP contribution is -2.51. The summed E-state index contributed by atoms with van der Waals surface area (Å²) in [6, 6.07) is 8.23. The summed E-state index contributed by atoms with van der Waals surface area (Å²) < 4.78 is 0. The zero-order chi connectivity index (χ0) is 21.4. The maximum absolute atomic E-state index is 13.5. The van der Waals surface area contributed by atoms with E-state index in [9.17, 15) is 14.4 Å². The number of likely N-dealkylation sites (tertiary alicyclic amines) is 1. The molecule has 1 aromatic rings. The van der Waals surface area contributed by atoms with Crippen LogP contribution < -0.4 is 10.2 Å². The van der Waals surface area contributed by atoms with Crippen LogP contribution in [0.1, 0.15) is 56.9 Å². The predicted octanol–water partition coefficient (Wildman–Crippen LogP) is 2.90. The van der Waals surface area contributed by atoms with Crippen LogP contribution in [0, 0.1) is 17.8 Å². The van der Waals surface area contributed by atoms with Crippen LogP contribution in [-0.2, 0) is 20.8 Å². The number of nitrogens with one attached hydrogen (secondary N) is 1. The summed E-state index contributed by atoms with van der Waals surface area (Å²) in [5, 5.41) is 3.24. The first-order chi connectivity index (χ1) is 15.1. The molecule has 2 atom stereocenters. The Hall–Kier alpha value is -2.37. The van der Waals surface area contributed by atoms with E-state index < -0.39 is 0 Å². The van der Waals surface area contributed by atoms with Crippen molar-refractivity contribution in [3.8, 4) is 0 Å². The highest BCUT2D eigenvalue weighted by molar-refractivity contribution is 5.99. The number of carbonyl (C=O) groups is 3. The van der Waals surface area contributed by atoms with Crippen LogP contribution in [0.15, 0.2) is 24.3 Å². The topological polar surface area (TPSA) is 69.7 Å². The fourth-order valence-corrected chi connectivity index (χ4v) is 5.65. The Balaban J connectivity index is 1.20. The molecule has 6 nitrogen and oxygen atoms in total. The molecule has 3 amide bonds. The normalized spacial score (nSPS) is 26.5. The van der Waals surface area contributed by atoms with Gasteiger partial charge in [0.1, 0.15) is 0 Å². The van der Waals surface area contributed by atoms with Gasteiger partial charge >= 0.3 is 0 Å². The SMILES string of the molecule is O=C(NC1CCN(C(=O)C2CC2)CC1)C1CCCCC1C(=O)N1CCc2ccccc21. The van der Waals surface area contributed by atoms with Gasteiger partial charge in [0.25, 0.3) is 0 Å². The first-order valence-electron chi connectivity index (χ1n) is 12.1. The van der Waals surface area contributed by atoms with E-state index in [1.54, 1.807) is 0 Å². The van der Waals surface area contributed by atoms with Crippen LogP contribution in [0.4, 0.5) is 5.69 Å². The molecule has 4 aliphatic rings. The van der Waals surface area contributed by atoms with Crippen LogP contribution in [0.2, 0.25) is 0 Å². The van der Waals surface area contributed by atoms with E-state index in [2.05, 4.69) is 11.4 Å². The standard InChI is InChI=1S/C25H33N3O3/c29-23(26-19-12-14-27(15-13-19)24(30)18-9-10-18)20-6-2-3-7-21(20)25(31)28-16-11-17-5-1-4-8-22(17)28/h1,4-5,8,18-21H,2-3,6-7,9-16H2,(H,26,29). The average Bonchev–Trinajstić information content (AvgIpc) is 3.57. The average molecular weight is 424 g/mol. The molecule has 5 rings (SSSR count). The summed E-state index contributed by atoms with van der Waals surface area (Å²) in [6.45, 7) is 2.19. The number of anilines is 1. The van der Waals surface area contributed by atoms with Gasteiger partial charge in [-0.15, -0.1) is 0 Å². The lowest BCUT2D eigenvalue weighted by Gasteiger charge is -2.36. The third kappa shape index (κ3) is 4.21. The summed E-state index contributed by atoms with van der Waals surface area (Å²) in [7, 11) is 0. The summed E-state index contributed by atoms with van der Waals surface area (Å²) in [5.74, 6) is 0.258. The monoisotopic (exact) mass is 423 g/mol. The maximum atomic E-state index is 13.5. The molecule has 1 saturated heterocycles. The highest BCUT2D eigenvalue weighted by Gasteiger charge is 2.41. The molecular formula is C25H33N3O3. The van der Waals surface area contributed by atoms with E-state index in [4.69, 9.17) is 0 Å². The summed E-state index contributed by atoms with van der Waals surface area (Å²) in [6.07, 6.45) is 8.20. The second-order valence-corrected chi connectivity index (χ2v) is 9.75. The van der Waals surface area contributed by atoms with Crippen molar-refractivity contribution in [2.45, 2.75) is 63.8 Å². The third-order valence-electron chi connectivity index (χ3n) is 7.65. The van der Waals surface area contributed by atoms with Gasteiger partial charge in [-0.05, 0) is 56.6 Å². The Morgan fingerprint density at radius 1 is 0.806 bits per heavy atom. The summed E-state index contributed by atoms with van der Waals surface area (Å²) in [4.78, 5) is 42.8. The highest BCUT2D eigenvalue weighted by atomic mass is 16.2. The number of nitrogens with zero attached hydrogens (tertiary/aromatic N) is 2. The molecule has 6 heteroatoms. The van der Waals surface area contributed by atoms with Crippen molar-refractivity contribution in [3.05, 3.63) is 29.8 Å². The third-order valence-corrected chi connectivity index (χ3v) is 7.65. The molecular weight excluding hydrogens is 390 g/mol. The molecule has 2 aliphatic carbocycles. The van der Waals surface area contributed by atoms with Crippen LogP contribution in [0.3, 0.4) is 0 Å². The summed E-state index contributed by atoms with van der Waals surface area (Å²) in [5.41, 5.74) is 2.24. The number of benzene rings is 1. The first kappa shape index (κ1) is 20.5. The molecule has 0 aromatic heterocycles. The lowest BCUT2D eigenvalue weighted by molar-refractivity contribution is -0.136. The van der Waals surface area contributed by atoms with Crippen molar-refractivity contribution in [3.63, 3.8) is 0 Å². The molecule has 0 radical (unpaired) electrons. The van der Waals surface area contributed by atoms with Crippen molar-refractivity contribution in [2.24, 2.45) is 17.8 Å². The molecule has 1 aromatic carbocycles. The van der Waals surface area contributed by atoms with Crippen molar-refractivity contribution in [1.82, 2.24) is 10.2 Å². The first-order valence-corrected chi connectivity index (χ1v) is 12.1. The number of piperidine rings is 1. The fraction of sp³-hybridized carbons (Fsp3) is 0.640. The van der Waals surface area contributed by atoms with Crippen molar-refractivity contribution >= 4 is 23.4 Å². The maximum Gasteiger partial charge on any atom is 0.230 e. The van der Waals surface area contributed by atoms with E-state index in [0.717, 1.165) is 83.1 Å². The van der Waals surface area contributed by atoms with E-state index >= 15 is 0 Å². The second-order valence-electron chi connectivity index (χ2n) is 9.75. The van der Waals surface area contributed by atoms with Gasteiger partial charge in [0.05, 0.1) is 5.92 Å². The van der Waals surface area contributed by atoms with Gasteiger partial charge in [0.2, 0.25) is 17.7 Å². The van der Waals surface area contributed by atoms with Crippen LogP contribution in [-0.4, -0.2) is 48.3 Å². The Bertz CT molecular complexity index is 857. The number of hydrogen-bond acceptors (Lipinski definition) is 3. The van der Waals surface area contributed by atoms with Crippen molar-refractivity contribution in [2.75, 3.05) is 24.5 Å². The molecule has 2 unspecified atom stereocenters. The highest BCUT2D eigenvalue weighted by Crippen LogP contribution is 2.36. The minimum Gasteiger partial charge on any atom is -0.353 e. The largest absolute Gasteiger partial charge is 0.353 e. The van der Waals surface area contributed by atoms with Crippen LogP contribution >= 0.6 is 0 Å². The quantitative estimate of drug-likeness (QED) is 0.810. The molecule has 3 fully saturated rings. The molecule has 2 saturated carbocycles. The lowest BCUT2D eigenvalue weighted by atomic mass is 9.77. The minimum absolute atomic E-state index is 0.0394. The van der Waals surface area contributed by atoms with Gasteiger partial charge in [0, 0.05) is 43.2 Å². The zero-order valence-electron chi connectivity index (χ0n) is 18.2. The molecule has 0 spiro atoms. The Morgan fingerprint density at radius 3 is 2.26 bits per heavy atom. The number of carbonyl (C=O) groups excluding carboxylic acids is 3. The minimum atomic E-state index is -0.236. The molecule has 31 heavy (non-hydrogen) atoms. The Kier molecular flexibility index (Phi) is 5.72. The van der Waals surface area contributed by atoms with Crippen LogP contribution in [0.25, 0.3) is 0 Å². The van der Waals surface area contributed by atoms with Gasteiger partial charge in [-0.25, -0.2) is 0 Å². The molecule has 2 aliphatic heterocycles. The smallest absolute Gasteiger partial charge is 0.230 e. The van der Waals surface area contributed by atoms with Crippen molar-refractivity contribution < 1.29 is 14.4 Å². The molecule has 2 heterocycles. The Labute approximate surface area is 184 Å². The number of amides is 3. The summed E-state index contributed by atoms with van der Waals surface area (Å²) >= 11 is 0. The Morgan fingerprint density at radius 2 is 1.52 bits per heavy atom. The van der Waals surface area contributed by atoms with E-state index in [1.165, 1.54) is 5.56 Å². The molecule has 166 valence electrons. The van der Waals surface area contributed by atoms with Gasteiger partial charge < -0.3 is 15.1 Å². The van der Waals surface area contributed by atoms with Crippen LogP contribution in [0.5, 0.6) is 0 Å². The van der Waals surface area contributed by atoms with Gasteiger partial charge in [0.15, 0.2) is 0 Å². The van der Waals surface area contributed by atoms with Gasteiger partial charge in [-0.3, -0.25) is 14.4 Å². The number of fused-ring (bicyclic) bond motifs is 1.